The van der Waals surface area contributed by atoms with Gasteiger partial charge in [-0.2, -0.15) is 0 Å². The summed E-state index contributed by atoms with van der Waals surface area (Å²) in [5.41, 5.74) is 5.62. The van der Waals surface area contributed by atoms with E-state index in [-0.39, 0.29) is 24.0 Å². The Morgan fingerprint density at radius 2 is 2.04 bits per heavy atom. The molecule has 2 aromatic rings. The first-order chi connectivity index (χ1) is 11.1. The first-order valence-electron chi connectivity index (χ1n) is 6.75. The van der Waals surface area contributed by atoms with Crippen molar-refractivity contribution in [2.45, 2.75) is 24.6 Å². The van der Waals surface area contributed by atoms with E-state index in [2.05, 4.69) is 31.3 Å². The number of anilines is 1. The number of aryl methyl sites for hydroxylation is 1. The number of nitrogens with one attached hydrogen (secondary N) is 3. The Labute approximate surface area is 145 Å². The van der Waals surface area contributed by atoms with Crippen molar-refractivity contribution in [3.63, 3.8) is 0 Å². The van der Waals surface area contributed by atoms with Crippen LogP contribution in [-0.2, 0) is 16.0 Å². The number of carbonyl (C=O) groups excluding carboxylic acids is 2. The van der Waals surface area contributed by atoms with Crippen LogP contribution in [0.4, 0.5) is 5.13 Å². The summed E-state index contributed by atoms with van der Waals surface area (Å²) < 4.78 is 0.695. The van der Waals surface area contributed by atoms with E-state index in [1.807, 2.05) is 19.2 Å². The van der Waals surface area contributed by atoms with Crippen LogP contribution in [-0.4, -0.2) is 39.3 Å². The Kier molecular flexibility index (Phi) is 6.74. The summed E-state index contributed by atoms with van der Waals surface area (Å²) in [5, 5.41) is 14.3. The molecule has 0 spiro atoms. The largest absolute Gasteiger partial charge is 0.360 e. The van der Waals surface area contributed by atoms with Gasteiger partial charge in [0, 0.05) is 17.6 Å². The molecule has 3 N–H and O–H groups in total. The zero-order valence-electron chi connectivity index (χ0n) is 12.6. The van der Waals surface area contributed by atoms with Gasteiger partial charge in [0.05, 0.1) is 12.2 Å². The van der Waals surface area contributed by atoms with Crippen molar-refractivity contribution in [3.05, 3.63) is 16.1 Å². The summed E-state index contributed by atoms with van der Waals surface area (Å²) in [5.74, 6) is -0.459. The van der Waals surface area contributed by atoms with E-state index in [1.165, 1.54) is 34.4 Å². The second-order valence-corrected chi connectivity index (χ2v) is 7.49. The number of hydrazine groups is 1. The standard InChI is InChI=1S/C12H16N6O2S3/c1-3-13-11-17-18-12(23-11)22-6-9(20)16-15-8(19)4-10-14-7(2)5-21-10/h5H,3-4,6H2,1-2H3,(H,13,17)(H,15,19)(H,16,20). The van der Waals surface area contributed by atoms with Gasteiger partial charge in [-0.3, -0.25) is 20.4 Å². The fraction of sp³-hybridized carbons (Fsp3) is 0.417. The van der Waals surface area contributed by atoms with E-state index in [0.29, 0.717) is 9.35 Å². The number of amides is 2. The van der Waals surface area contributed by atoms with Crippen molar-refractivity contribution in [2.75, 3.05) is 17.6 Å². The van der Waals surface area contributed by atoms with Gasteiger partial charge in [-0.25, -0.2) is 4.98 Å². The first kappa shape index (κ1) is 17.6. The Hall–Kier alpha value is -1.72. The molecule has 8 nitrogen and oxygen atoms in total. The Bertz CT molecular complexity index is 671. The van der Waals surface area contributed by atoms with E-state index < -0.39 is 0 Å². The smallest absolute Gasteiger partial charge is 0.248 e. The molecular weight excluding hydrogens is 356 g/mol. The molecule has 2 rings (SSSR count). The van der Waals surface area contributed by atoms with Crippen LogP contribution in [0.2, 0.25) is 0 Å². The summed E-state index contributed by atoms with van der Waals surface area (Å²) in [4.78, 5) is 27.6. The Balaban J connectivity index is 1.67. The zero-order valence-corrected chi connectivity index (χ0v) is 15.0. The third-order valence-electron chi connectivity index (χ3n) is 2.38. The van der Waals surface area contributed by atoms with Crippen LogP contribution < -0.4 is 16.2 Å². The molecule has 0 aromatic carbocycles. The molecule has 0 radical (unpaired) electrons. The molecule has 11 heteroatoms. The monoisotopic (exact) mass is 372 g/mol. The van der Waals surface area contributed by atoms with Gasteiger partial charge in [0.25, 0.3) is 0 Å². The molecule has 0 saturated carbocycles. The molecule has 0 aliphatic heterocycles. The number of hydrogen-bond donors (Lipinski definition) is 3. The van der Waals surface area contributed by atoms with Crippen molar-refractivity contribution in [3.8, 4) is 0 Å². The molecule has 0 fully saturated rings. The highest BCUT2D eigenvalue weighted by molar-refractivity contribution is 8.01. The quantitative estimate of drug-likeness (QED) is 0.495. The maximum atomic E-state index is 11.7. The van der Waals surface area contributed by atoms with E-state index in [0.717, 1.165) is 17.4 Å². The van der Waals surface area contributed by atoms with Crippen LogP contribution in [0.25, 0.3) is 0 Å². The van der Waals surface area contributed by atoms with E-state index >= 15 is 0 Å². The van der Waals surface area contributed by atoms with Crippen molar-refractivity contribution >= 4 is 51.4 Å². The normalized spacial score (nSPS) is 10.3. The highest BCUT2D eigenvalue weighted by atomic mass is 32.2. The van der Waals surface area contributed by atoms with Gasteiger partial charge in [-0.15, -0.1) is 21.5 Å². The lowest BCUT2D eigenvalue weighted by Gasteiger charge is -2.05. The number of thiazole rings is 1. The third-order valence-corrected chi connectivity index (χ3v) is 5.36. The minimum Gasteiger partial charge on any atom is -0.360 e. The van der Waals surface area contributed by atoms with Gasteiger partial charge in [0.15, 0.2) is 4.34 Å². The molecule has 2 amide bonds. The maximum absolute atomic E-state index is 11.7. The summed E-state index contributed by atoms with van der Waals surface area (Å²) in [6.07, 6.45) is 0.147. The molecule has 0 bridgehead atoms. The number of nitrogens with zero attached hydrogens (tertiary/aromatic N) is 3. The van der Waals surface area contributed by atoms with Gasteiger partial charge in [-0.1, -0.05) is 23.1 Å². The lowest BCUT2D eigenvalue weighted by Crippen LogP contribution is -2.43. The maximum Gasteiger partial charge on any atom is 0.248 e. The fourth-order valence-electron chi connectivity index (χ4n) is 1.46. The van der Waals surface area contributed by atoms with Gasteiger partial charge >= 0.3 is 0 Å². The molecule has 0 atom stereocenters. The predicted octanol–water partition coefficient (Wildman–Crippen LogP) is 1.22. The lowest BCUT2D eigenvalue weighted by atomic mass is 10.4. The SMILES string of the molecule is CCNc1nnc(SCC(=O)NNC(=O)Cc2nc(C)cs2)s1. The molecule has 124 valence electrons. The lowest BCUT2D eigenvalue weighted by molar-refractivity contribution is -0.127. The van der Waals surface area contributed by atoms with Crippen molar-refractivity contribution in [2.24, 2.45) is 0 Å². The van der Waals surface area contributed by atoms with Crippen molar-refractivity contribution in [1.82, 2.24) is 26.0 Å². The first-order valence-corrected chi connectivity index (χ1v) is 9.44. The summed E-state index contributed by atoms with van der Waals surface area (Å²) in [7, 11) is 0. The second-order valence-electron chi connectivity index (χ2n) is 4.35. The highest BCUT2D eigenvalue weighted by Gasteiger charge is 2.10. The van der Waals surface area contributed by atoms with Crippen LogP contribution >= 0.6 is 34.4 Å². The third kappa shape index (κ3) is 6.12. The van der Waals surface area contributed by atoms with Crippen LogP contribution in [0.15, 0.2) is 9.72 Å². The fourth-order valence-corrected chi connectivity index (χ4v) is 3.85. The second kappa shape index (κ2) is 8.79. The van der Waals surface area contributed by atoms with Crippen LogP contribution in [0.3, 0.4) is 0 Å². The van der Waals surface area contributed by atoms with Crippen molar-refractivity contribution in [1.29, 1.82) is 0 Å². The molecule has 0 aliphatic rings. The number of thioether (sulfide) groups is 1. The number of hydrogen-bond acceptors (Lipinski definition) is 9. The van der Waals surface area contributed by atoms with Crippen molar-refractivity contribution < 1.29 is 9.59 Å². The molecule has 2 heterocycles. The molecule has 0 unspecified atom stereocenters. The van der Waals surface area contributed by atoms with Crippen LogP contribution in [0.1, 0.15) is 17.6 Å². The van der Waals surface area contributed by atoms with Gasteiger partial charge in [0.1, 0.15) is 5.01 Å². The van der Waals surface area contributed by atoms with E-state index in [4.69, 9.17) is 0 Å². The van der Waals surface area contributed by atoms with E-state index in [9.17, 15) is 9.59 Å². The molecule has 0 aliphatic carbocycles. The minimum atomic E-state index is -0.307. The topological polar surface area (TPSA) is 109 Å². The predicted molar refractivity (Wildman–Crippen MR) is 91.6 cm³/mol. The Morgan fingerprint density at radius 3 is 2.74 bits per heavy atom. The minimum absolute atomic E-state index is 0.147. The van der Waals surface area contributed by atoms with E-state index in [1.54, 1.807) is 0 Å². The number of carbonyl (C=O) groups is 2. The highest BCUT2D eigenvalue weighted by Crippen LogP contribution is 2.24. The van der Waals surface area contributed by atoms with Gasteiger partial charge in [0.2, 0.25) is 16.9 Å². The number of rotatable bonds is 7. The number of aromatic nitrogens is 3. The molecule has 0 saturated heterocycles. The summed E-state index contributed by atoms with van der Waals surface area (Å²) in [6, 6.07) is 0. The molecule has 2 aromatic heterocycles. The van der Waals surface area contributed by atoms with Crippen LogP contribution in [0, 0.1) is 6.92 Å². The zero-order chi connectivity index (χ0) is 16.7. The summed E-state index contributed by atoms with van der Waals surface area (Å²) in [6.45, 7) is 4.60. The van der Waals surface area contributed by atoms with Gasteiger partial charge < -0.3 is 5.32 Å². The van der Waals surface area contributed by atoms with Crippen LogP contribution in [0.5, 0.6) is 0 Å². The Morgan fingerprint density at radius 1 is 1.26 bits per heavy atom. The molecular formula is C12H16N6O2S3. The molecule has 23 heavy (non-hydrogen) atoms. The average Bonchev–Trinajstić information content (AvgIpc) is 3.12. The summed E-state index contributed by atoms with van der Waals surface area (Å²) >= 11 is 4.07. The average molecular weight is 373 g/mol. The van der Waals surface area contributed by atoms with Gasteiger partial charge in [-0.05, 0) is 13.8 Å².